The third kappa shape index (κ3) is 4.48. The Morgan fingerprint density at radius 2 is 1.80 bits per heavy atom. The number of hydrogen-bond donors (Lipinski definition) is 3. The van der Waals surface area contributed by atoms with Gasteiger partial charge in [0.05, 0.1) is 11.8 Å². The van der Waals surface area contributed by atoms with E-state index >= 15 is 0 Å². The molecule has 1 aliphatic rings. The van der Waals surface area contributed by atoms with Gasteiger partial charge in [0.25, 0.3) is 11.8 Å². The number of benzene rings is 1. The van der Waals surface area contributed by atoms with Crippen LogP contribution in [0.1, 0.15) is 42.5 Å². The van der Waals surface area contributed by atoms with Gasteiger partial charge >= 0.3 is 0 Å². The zero-order valence-electron chi connectivity index (χ0n) is 13.9. The van der Waals surface area contributed by atoms with Gasteiger partial charge in [-0.25, -0.2) is 0 Å². The fourth-order valence-electron chi connectivity index (χ4n) is 3.15. The maximum atomic E-state index is 12.3. The number of carbonyl (C=O) groups excluding carboxylic acids is 2. The monoisotopic (exact) mass is 342 g/mol. The molecular formula is C19H22N2O4. The summed E-state index contributed by atoms with van der Waals surface area (Å²) >= 11 is 0. The van der Waals surface area contributed by atoms with Crippen molar-refractivity contribution in [3.63, 3.8) is 0 Å². The highest BCUT2D eigenvalue weighted by molar-refractivity contribution is 6.04. The summed E-state index contributed by atoms with van der Waals surface area (Å²) in [6, 6.07) is 8.41. The minimum absolute atomic E-state index is 0.0257. The lowest BCUT2D eigenvalue weighted by atomic mass is 9.85. The van der Waals surface area contributed by atoms with Crippen LogP contribution in [0.2, 0.25) is 0 Å². The Balaban J connectivity index is 1.61. The Morgan fingerprint density at radius 3 is 2.48 bits per heavy atom. The molecule has 1 aliphatic carbocycles. The molecule has 1 aromatic heterocycles. The highest BCUT2D eigenvalue weighted by Gasteiger charge is 2.27. The molecule has 1 atom stereocenters. The first kappa shape index (κ1) is 17.2. The highest BCUT2D eigenvalue weighted by Crippen LogP contribution is 2.27. The van der Waals surface area contributed by atoms with Gasteiger partial charge in [-0.2, -0.15) is 0 Å². The fraction of sp³-hybridized carbons (Fsp3) is 0.368. The van der Waals surface area contributed by atoms with Crippen molar-refractivity contribution >= 4 is 23.2 Å². The summed E-state index contributed by atoms with van der Waals surface area (Å²) in [6.45, 7) is 0. The predicted molar refractivity (Wildman–Crippen MR) is 94.3 cm³/mol. The minimum atomic E-state index is -0.996. The maximum Gasteiger partial charge on any atom is 0.258 e. The van der Waals surface area contributed by atoms with Gasteiger partial charge in [-0.1, -0.05) is 25.3 Å². The summed E-state index contributed by atoms with van der Waals surface area (Å²) in [5.74, 6) is -0.664. The molecule has 1 heterocycles. The lowest BCUT2D eigenvalue weighted by Gasteiger charge is -2.25. The summed E-state index contributed by atoms with van der Waals surface area (Å²) in [5.41, 5.74) is 1.50. The SMILES string of the molecule is O=C(Nc1cccc(NC(=O)C(O)C2CCCCC2)c1)c1ccoc1. The van der Waals surface area contributed by atoms with Gasteiger partial charge in [-0.3, -0.25) is 9.59 Å². The number of amides is 2. The number of carbonyl (C=O) groups is 2. The van der Waals surface area contributed by atoms with Gasteiger partial charge in [-0.15, -0.1) is 0 Å². The molecule has 132 valence electrons. The standard InChI is InChI=1S/C19H22N2O4/c22-17(13-5-2-1-3-6-13)19(24)21-16-8-4-7-15(11-16)20-18(23)14-9-10-25-12-14/h4,7-13,17,22H,1-3,5-6H2,(H,20,23)(H,21,24). The largest absolute Gasteiger partial charge is 0.472 e. The van der Waals surface area contributed by atoms with E-state index in [4.69, 9.17) is 4.42 Å². The average Bonchev–Trinajstić information content (AvgIpc) is 3.17. The number of nitrogens with one attached hydrogen (secondary N) is 2. The molecule has 3 rings (SSSR count). The van der Waals surface area contributed by atoms with Crippen LogP contribution in [0.5, 0.6) is 0 Å². The molecule has 1 aromatic carbocycles. The van der Waals surface area contributed by atoms with E-state index in [0.717, 1.165) is 25.7 Å². The van der Waals surface area contributed by atoms with E-state index in [1.165, 1.54) is 18.9 Å². The third-order valence-corrected chi connectivity index (χ3v) is 4.54. The van der Waals surface area contributed by atoms with E-state index in [2.05, 4.69) is 10.6 Å². The predicted octanol–water partition coefficient (Wildman–Crippen LogP) is 3.41. The second kappa shape index (κ2) is 7.98. The molecule has 0 bridgehead atoms. The summed E-state index contributed by atoms with van der Waals surface area (Å²) < 4.78 is 4.89. The van der Waals surface area contributed by atoms with Crippen LogP contribution in [0.4, 0.5) is 11.4 Å². The Labute approximate surface area is 146 Å². The summed E-state index contributed by atoms with van der Waals surface area (Å²) in [6.07, 6.45) is 6.85. The molecule has 6 heteroatoms. The number of aliphatic hydroxyl groups excluding tert-OH is 1. The van der Waals surface area contributed by atoms with E-state index < -0.39 is 12.0 Å². The molecule has 0 saturated heterocycles. The summed E-state index contributed by atoms with van der Waals surface area (Å²) in [4.78, 5) is 24.3. The van der Waals surface area contributed by atoms with Crippen LogP contribution in [0.25, 0.3) is 0 Å². The van der Waals surface area contributed by atoms with E-state index in [1.807, 2.05) is 0 Å². The van der Waals surface area contributed by atoms with Crippen LogP contribution in [0.15, 0.2) is 47.3 Å². The van der Waals surface area contributed by atoms with Gasteiger partial charge in [0, 0.05) is 11.4 Å². The van der Waals surface area contributed by atoms with Crippen LogP contribution < -0.4 is 10.6 Å². The molecule has 3 N–H and O–H groups in total. The molecule has 0 aliphatic heterocycles. The molecule has 0 radical (unpaired) electrons. The molecular weight excluding hydrogens is 320 g/mol. The third-order valence-electron chi connectivity index (χ3n) is 4.54. The Morgan fingerprint density at radius 1 is 1.08 bits per heavy atom. The van der Waals surface area contributed by atoms with Crippen molar-refractivity contribution in [2.75, 3.05) is 10.6 Å². The van der Waals surface area contributed by atoms with Crippen molar-refractivity contribution < 1.29 is 19.1 Å². The van der Waals surface area contributed by atoms with E-state index in [9.17, 15) is 14.7 Å². The van der Waals surface area contributed by atoms with Gasteiger partial charge in [-0.05, 0) is 43.0 Å². The summed E-state index contributed by atoms with van der Waals surface area (Å²) in [7, 11) is 0. The van der Waals surface area contributed by atoms with Crippen molar-refractivity contribution in [3.05, 3.63) is 48.4 Å². The van der Waals surface area contributed by atoms with Gasteiger partial charge in [0.1, 0.15) is 12.4 Å². The number of anilines is 2. The first-order valence-electron chi connectivity index (χ1n) is 8.56. The average molecular weight is 342 g/mol. The normalized spacial score (nSPS) is 16.2. The zero-order valence-corrected chi connectivity index (χ0v) is 13.9. The Bertz CT molecular complexity index is 721. The Kier molecular flexibility index (Phi) is 5.50. The van der Waals surface area contributed by atoms with Crippen LogP contribution in [-0.2, 0) is 4.79 Å². The van der Waals surface area contributed by atoms with Crippen molar-refractivity contribution in [2.45, 2.75) is 38.2 Å². The second-order valence-electron chi connectivity index (χ2n) is 6.38. The highest BCUT2D eigenvalue weighted by atomic mass is 16.3. The molecule has 6 nitrogen and oxygen atoms in total. The second-order valence-corrected chi connectivity index (χ2v) is 6.38. The Hall–Kier alpha value is -2.60. The maximum absolute atomic E-state index is 12.3. The number of furan rings is 1. The van der Waals surface area contributed by atoms with Crippen molar-refractivity contribution in [1.29, 1.82) is 0 Å². The quantitative estimate of drug-likeness (QED) is 0.776. The van der Waals surface area contributed by atoms with Crippen LogP contribution in [0.3, 0.4) is 0 Å². The van der Waals surface area contributed by atoms with Crippen molar-refractivity contribution in [2.24, 2.45) is 5.92 Å². The van der Waals surface area contributed by atoms with Crippen molar-refractivity contribution in [3.8, 4) is 0 Å². The van der Waals surface area contributed by atoms with Crippen LogP contribution >= 0.6 is 0 Å². The molecule has 2 amide bonds. The van der Waals surface area contributed by atoms with Gasteiger partial charge in [0.15, 0.2) is 0 Å². The molecule has 25 heavy (non-hydrogen) atoms. The first-order valence-corrected chi connectivity index (χ1v) is 8.56. The number of rotatable bonds is 5. The number of hydrogen-bond acceptors (Lipinski definition) is 4. The lowest BCUT2D eigenvalue weighted by molar-refractivity contribution is -0.127. The number of aliphatic hydroxyl groups is 1. The zero-order chi connectivity index (χ0) is 17.6. The van der Waals surface area contributed by atoms with E-state index in [-0.39, 0.29) is 11.8 Å². The van der Waals surface area contributed by atoms with Crippen molar-refractivity contribution in [1.82, 2.24) is 0 Å². The van der Waals surface area contributed by atoms with Gasteiger partial charge < -0.3 is 20.2 Å². The molecule has 1 saturated carbocycles. The van der Waals surface area contributed by atoms with E-state index in [0.29, 0.717) is 16.9 Å². The summed E-state index contributed by atoms with van der Waals surface area (Å²) in [5, 5.41) is 15.7. The molecule has 1 fully saturated rings. The molecule has 0 spiro atoms. The smallest absolute Gasteiger partial charge is 0.258 e. The van der Waals surface area contributed by atoms with Gasteiger partial charge in [0.2, 0.25) is 0 Å². The molecule has 2 aromatic rings. The first-order chi connectivity index (χ1) is 12.1. The van der Waals surface area contributed by atoms with Crippen LogP contribution in [0, 0.1) is 5.92 Å². The molecule has 1 unspecified atom stereocenters. The fourth-order valence-corrected chi connectivity index (χ4v) is 3.15. The van der Waals surface area contributed by atoms with E-state index in [1.54, 1.807) is 30.3 Å². The van der Waals surface area contributed by atoms with Crippen LogP contribution in [-0.4, -0.2) is 23.0 Å². The lowest BCUT2D eigenvalue weighted by Crippen LogP contribution is -2.35. The minimum Gasteiger partial charge on any atom is -0.472 e. The topological polar surface area (TPSA) is 91.6 Å².